The lowest BCUT2D eigenvalue weighted by Gasteiger charge is -2.43. The van der Waals surface area contributed by atoms with Gasteiger partial charge in [0.05, 0.1) is 18.2 Å². The van der Waals surface area contributed by atoms with Crippen LogP contribution in [0.3, 0.4) is 0 Å². The predicted octanol–water partition coefficient (Wildman–Crippen LogP) is 3.85. The molecule has 2 aromatic rings. The number of carboxylic acid groups (broad SMARTS) is 1. The number of ether oxygens (including phenoxy) is 1. The molecule has 0 saturated carbocycles. The van der Waals surface area contributed by atoms with Gasteiger partial charge in [-0.1, -0.05) is 38.5 Å². The molecule has 4 heteroatoms. The van der Waals surface area contributed by atoms with Gasteiger partial charge < -0.3 is 14.8 Å². The van der Waals surface area contributed by atoms with Gasteiger partial charge in [-0.05, 0) is 24.5 Å². The van der Waals surface area contributed by atoms with Crippen molar-refractivity contribution >= 4 is 16.9 Å². The Morgan fingerprint density at radius 1 is 1.50 bits per heavy atom. The smallest absolute Gasteiger partial charge is 0.306 e. The number of aliphatic carboxylic acids is 1. The number of hydrogen-bond donors (Lipinski definition) is 2. The summed E-state index contributed by atoms with van der Waals surface area (Å²) >= 11 is 0. The molecule has 0 amide bonds. The van der Waals surface area contributed by atoms with Crippen LogP contribution in [0.25, 0.3) is 10.9 Å². The zero-order chi connectivity index (χ0) is 15.9. The molecule has 0 radical (unpaired) electrons. The average Bonchev–Trinajstić information content (AvgIpc) is 2.85. The number of fused-ring (bicyclic) bond motifs is 3. The van der Waals surface area contributed by atoms with Crippen molar-refractivity contribution in [1.29, 1.82) is 0 Å². The van der Waals surface area contributed by atoms with Gasteiger partial charge in [-0.25, -0.2) is 0 Å². The van der Waals surface area contributed by atoms with Crippen molar-refractivity contribution in [3.05, 3.63) is 35.5 Å². The number of aromatic nitrogens is 1. The molecule has 2 heterocycles. The fourth-order valence-electron chi connectivity index (χ4n) is 3.74. The molecule has 1 aromatic heterocycles. The maximum Gasteiger partial charge on any atom is 0.306 e. The molecule has 0 aliphatic carbocycles. The Bertz CT molecular complexity index is 705. The number of carbonyl (C=O) groups is 1. The first-order chi connectivity index (χ1) is 10.5. The summed E-state index contributed by atoms with van der Waals surface area (Å²) in [5.74, 6) is -0.697. The summed E-state index contributed by atoms with van der Waals surface area (Å²) < 4.78 is 6.28. The highest BCUT2D eigenvalue weighted by atomic mass is 16.5. The lowest BCUT2D eigenvalue weighted by atomic mass is 9.77. The number of benzene rings is 1. The zero-order valence-electron chi connectivity index (χ0n) is 13.3. The highest BCUT2D eigenvalue weighted by Gasteiger charge is 2.47. The van der Waals surface area contributed by atoms with E-state index in [4.69, 9.17) is 4.74 Å². The molecule has 118 valence electrons. The third kappa shape index (κ3) is 2.22. The summed E-state index contributed by atoms with van der Waals surface area (Å²) in [6.45, 7) is 6.19. The number of hydrogen-bond acceptors (Lipinski definition) is 2. The number of carboxylic acids is 1. The largest absolute Gasteiger partial charge is 0.481 e. The van der Waals surface area contributed by atoms with Crippen molar-refractivity contribution in [2.24, 2.45) is 5.92 Å². The standard InChI is InChI=1S/C18H23NO3/c1-4-11(2)18(10-16(20)21)17-14(9-12(3)22-18)13-7-5-6-8-15(13)19-17/h5-8,11-12,19H,4,9-10H2,1-3H3,(H,20,21). The molecule has 4 nitrogen and oxygen atoms in total. The van der Waals surface area contributed by atoms with Gasteiger partial charge in [0.2, 0.25) is 0 Å². The molecule has 3 atom stereocenters. The molecule has 22 heavy (non-hydrogen) atoms. The number of nitrogens with one attached hydrogen (secondary N) is 1. The summed E-state index contributed by atoms with van der Waals surface area (Å²) in [4.78, 5) is 15.0. The van der Waals surface area contributed by atoms with E-state index in [1.807, 2.05) is 25.1 Å². The Kier molecular flexibility index (Phi) is 3.73. The molecule has 1 aromatic carbocycles. The molecule has 1 aliphatic heterocycles. The van der Waals surface area contributed by atoms with Crippen LogP contribution in [0.5, 0.6) is 0 Å². The average molecular weight is 301 g/mol. The van der Waals surface area contributed by atoms with Crippen LogP contribution in [-0.4, -0.2) is 22.2 Å². The van der Waals surface area contributed by atoms with Gasteiger partial charge in [-0.2, -0.15) is 0 Å². The highest BCUT2D eigenvalue weighted by molar-refractivity contribution is 5.85. The molecule has 0 bridgehead atoms. The molecular weight excluding hydrogens is 278 g/mol. The van der Waals surface area contributed by atoms with Crippen molar-refractivity contribution in [2.75, 3.05) is 0 Å². The van der Waals surface area contributed by atoms with Gasteiger partial charge in [-0.3, -0.25) is 4.79 Å². The van der Waals surface area contributed by atoms with E-state index in [9.17, 15) is 9.90 Å². The van der Waals surface area contributed by atoms with Crippen LogP contribution in [0.1, 0.15) is 44.9 Å². The number of H-pyrrole nitrogens is 1. The minimum atomic E-state index is -0.820. The Morgan fingerprint density at radius 3 is 2.91 bits per heavy atom. The van der Waals surface area contributed by atoms with Crippen LogP contribution in [0.15, 0.2) is 24.3 Å². The third-order valence-electron chi connectivity index (χ3n) is 4.96. The first-order valence-electron chi connectivity index (χ1n) is 7.97. The van der Waals surface area contributed by atoms with Crippen LogP contribution in [0.2, 0.25) is 0 Å². The first kappa shape index (κ1) is 15.1. The summed E-state index contributed by atoms with van der Waals surface area (Å²) in [6, 6.07) is 8.17. The lowest BCUT2D eigenvalue weighted by Crippen LogP contribution is -2.45. The van der Waals surface area contributed by atoms with Crippen molar-refractivity contribution < 1.29 is 14.6 Å². The summed E-state index contributed by atoms with van der Waals surface area (Å²) in [5.41, 5.74) is 2.47. The zero-order valence-corrected chi connectivity index (χ0v) is 13.3. The monoisotopic (exact) mass is 301 g/mol. The van der Waals surface area contributed by atoms with Crippen molar-refractivity contribution in [1.82, 2.24) is 4.98 Å². The van der Waals surface area contributed by atoms with E-state index in [1.165, 1.54) is 10.9 Å². The molecular formula is C18H23NO3. The molecule has 0 spiro atoms. The first-order valence-corrected chi connectivity index (χ1v) is 7.97. The summed E-state index contributed by atoms with van der Waals surface area (Å²) in [6.07, 6.45) is 1.69. The van der Waals surface area contributed by atoms with Crippen LogP contribution in [0.4, 0.5) is 0 Å². The molecule has 1 aliphatic rings. The van der Waals surface area contributed by atoms with E-state index in [-0.39, 0.29) is 18.4 Å². The topological polar surface area (TPSA) is 62.3 Å². The number of aromatic amines is 1. The van der Waals surface area contributed by atoms with Crippen molar-refractivity contribution in [3.8, 4) is 0 Å². The minimum Gasteiger partial charge on any atom is -0.481 e. The van der Waals surface area contributed by atoms with Crippen LogP contribution in [0, 0.1) is 5.92 Å². The highest BCUT2D eigenvalue weighted by Crippen LogP contribution is 2.46. The number of rotatable bonds is 4. The Hall–Kier alpha value is -1.81. The normalized spacial score (nSPS) is 25.9. The Morgan fingerprint density at radius 2 is 2.23 bits per heavy atom. The second kappa shape index (κ2) is 5.43. The van der Waals surface area contributed by atoms with E-state index in [1.54, 1.807) is 0 Å². The van der Waals surface area contributed by atoms with Crippen molar-refractivity contribution in [2.45, 2.75) is 51.7 Å². The minimum absolute atomic E-state index is 0.00777. The molecule has 0 saturated heterocycles. The fourth-order valence-corrected chi connectivity index (χ4v) is 3.74. The van der Waals surface area contributed by atoms with Gasteiger partial charge in [0, 0.05) is 17.3 Å². The quantitative estimate of drug-likeness (QED) is 0.901. The fraction of sp³-hybridized carbons (Fsp3) is 0.500. The summed E-state index contributed by atoms with van der Waals surface area (Å²) in [5, 5.41) is 10.7. The van der Waals surface area contributed by atoms with Crippen LogP contribution >= 0.6 is 0 Å². The van der Waals surface area contributed by atoms with E-state index in [2.05, 4.69) is 24.9 Å². The maximum absolute atomic E-state index is 11.5. The van der Waals surface area contributed by atoms with E-state index in [0.717, 1.165) is 24.1 Å². The van der Waals surface area contributed by atoms with Gasteiger partial charge in [0.15, 0.2) is 0 Å². The van der Waals surface area contributed by atoms with Crippen LogP contribution < -0.4 is 0 Å². The maximum atomic E-state index is 11.5. The van der Waals surface area contributed by atoms with Crippen LogP contribution in [-0.2, 0) is 21.6 Å². The SMILES string of the molecule is CCC(C)C1(CC(=O)O)OC(C)Cc2c1[nH]c1ccccc21. The van der Waals surface area contributed by atoms with Gasteiger partial charge in [0.25, 0.3) is 0 Å². The molecule has 3 rings (SSSR count). The Labute approximate surface area is 130 Å². The predicted molar refractivity (Wildman–Crippen MR) is 85.9 cm³/mol. The van der Waals surface area contributed by atoms with Gasteiger partial charge >= 0.3 is 5.97 Å². The van der Waals surface area contributed by atoms with Gasteiger partial charge in [-0.15, -0.1) is 0 Å². The molecule has 3 unspecified atom stereocenters. The van der Waals surface area contributed by atoms with E-state index in [0.29, 0.717) is 0 Å². The van der Waals surface area contributed by atoms with Gasteiger partial charge in [0.1, 0.15) is 5.60 Å². The molecule has 2 N–H and O–H groups in total. The van der Waals surface area contributed by atoms with E-state index < -0.39 is 11.6 Å². The second-order valence-corrected chi connectivity index (χ2v) is 6.43. The van der Waals surface area contributed by atoms with E-state index >= 15 is 0 Å². The second-order valence-electron chi connectivity index (χ2n) is 6.43. The molecule has 0 fully saturated rings. The third-order valence-corrected chi connectivity index (χ3v) is 4.96. The van der Waals surface area contributed by atoms with Crippen molar-refractivity contribution in [3.63, 3.8) is 0 Å². The Balaban J connectivity index is 2.25. The summed E-state index contributed by atoms with van der Waals surface area (Å²) in [7, 11) is 0. The number of para-hydroxylation sites is 1. The lowest BCUT2D eigenvalue weighted by molar-refractivity contribution is -0.167.